The number of ether oxygens (including phenoxy) is 2. The van der Waals surface area contributed by atoms with Crippen LogP contribution >= 0.6 is 0 Å². The van der Waals surface area contributed by atoms with Crippen molar-refractivity contribution in [2.75, 3.05) is 13.7 Å². The SMILES string of the molecule is COC(=O)[C@@H](Cc1cnc2ccccc2n1)NC(=O)[C@H]1CCCO1. The largest absolute Gasteiger partial charge is 0.467 e. The highest BCUT2D eigenvalue weighted by Crippen LogP contribution is 2.13. The lowest BCUT2D eigenvalue weighted by molar-refractivity contribution is -0.146. The van der Waals surface area contributed by atoms with Gasteiger partial charge in [0.15, 0.2) is 0 Å². The molecule has 0 unspecified atom stereocenters. The van der Waals surface area contributed by atoms with E-state index >= 15 is 0 Å². The van der Waals surface area contributed by atoms with Gasteiger partial charge in [-0.1, -0.05) is 12.1 Å². The molecule has 126 valence electrons. The third kappa shape index (κ3) is 3.68. The fourth-order valence-electron chi connectivity index (χ4n) is 2.69. The monoisotopic (exact) mass is 329 g/mol. The maximum Gasteiger partial charge on any atom is 0.328 e. The fraction of sp³-hybridized carbons (Fsp3) is 0.412. The number of amides is 1. The molecule has 0 bridgehead atoms. The van der Waals surface area contributed by atoms with E-state index in [0.717, 1.165) is 17.5 Å². The summed E-state index contributed by atoms with van der Waals surface area (Å²) in [6.45, 7) is 0.567. The van der Waals surface area contributed by atoms with Crippen LogP contribution in [-0.4, -0.2) is 47.7 Å². The Hall–Kier alpha value is -2.54. The highest BCUT2D eigenvalue weighted by molar-refractivity contribution is 5.87. The molecule has 1 aromatic carbocycles. The predicted molar refractivity (Wildman–Crippen MR) is 86.2 cm³/mol. The summed E-state index contributed by atoms with van der Waals surface area (Å²) in [5, 5.41) is 2.70. The van der Waals surface area contributed by atoms with Gasteiger partial charge in [-0.15, -0.1) is 0 Å². The topological polar surface area (TPSA) is 90.4 Å². The second kappa shape index (κ2) is 7.35. The summed E-state index contributed by atoms with van der Waals surface area (Å²) >= 11 is 0. The molecule has 1 aliphatic heterocycles. The molecule has 2 atom stereocenters. The standard InChI is InChI=1S/C17H19N3O4/c1-23-17(22)14(20-16(21)15-7-4-8-24-15)9-11-10-18-12-5-2-3-6-13(12)19-11/h2-3,5-6,10,14-15H,4,7-9H2,1H3,(H,20,21)/t14-,15-/m1/s1. The van der Waals surface area contributed by atoms with Crippen LogP contribution in [-0.2, 0) is 25.5 Å². The first kappa shape index (κ1) is 16.3. The molecule has 24 heavy (non-hydrogen) atoms. The number of hydrogen-bond donors (Lipinski definition) is 1. The molecule has 2 aromatic rings. The van der Waals surface area contributed by atoms with Gasteiger partial charge >= 0.3 is 5.97 Å². The van der Waals surface area contributed by atoms with Gasteiger partial charge in [-0.3, -0.25) is 9.78 Å². The number of hydrogen-bond acceptors (Lipinski definition) is 6. The number of rotatable bonds is 5. The Kier molecular flexibility index (Phi) is 5.00. The van der Waals surface area contributed by atoms with Crippen LogP contribution in [0.1, 0.15) is 18.5 Å². The van der Waals surface area contributed by atoms with Crippen LogP contribution in [0.5, 0.6) is 0 Å². The quantitative estimate of drug-likeness (QED) is 0.823. The number of para-hydroxylation sites is 2. The molecule has 0 aliphatic carbocycles. The highest BCUT2D eigenvalue weighted by atomic mass is 16.5. The predicted octanol–water partition coefficient (Wildman–Crippen LogP) is 1.01. The second-order valence-corrected chi connectivity index (χ2v) is 5.64. The molecule has 1 saturated heterocycles. The van der Waals surface area contributed by atoms with Crippen molar-refractivity contribution in [2.45, 2.75) is 31.4 Å². The van der Waals surface area contributed by atoms with Crippen molar-refractivity contribution >= 4 is 22.9 Å². The number of esters is 1. The minimum atomic E-state index is -0.817. The Bertz CT molecular complexity index is 743. The Morgan fingerprint density at radius 2 is 2.17 bits per heavy atom. The van der Waals surface area contributed by atoms with E-state index in [1.54, 1.807) is 6.20 Å². The highest BCUT2D eigenvalue weighted by Gasteiger charge is 2.29. The molecule has 2 heterocycles. The fourth-order valence-corrected chi connectivity index (χ4v) is 2.69. The molecule has 1 N–H and O–H groups in total. The lowest BCUT2D eigenvalue weighted by Gasteiger charge is -2.18. The lowest BCUT2D eigenvalue weighted by Crippen LogP contribution is -2.47. The molecule has 1 aromatic heterocycles. The molecule has 1 amide bonds. The third-order valence-corrected chi connectivity index (χ3v) is 3.94. The maximum absolute atomic E-state index is 12.2. The van der Waals surface area contributed by atoms with Crippen molar-refractivity contribution in [3.63, 3.8) is 0 Å². The van der Waals surface area contributed by atoms with Gasteiger partial charge in [-0.25, -0.2) is 9.78 Å². The number of carbonyl (C=O) groups is 2. The first-order chi connectivity index (χ1) is 11.7. The molecule has 7 heteroatoms. The average Bonchev–Trinajstić information content (AvgIpc) is 3.15. The Balaban J connectivity index is 1.75. The Morgan fingerprint density at radius 1 is 1.38 bits per heavy atom. The third-order valence-electron chi connectivity index (χ3n) is 3.94. The van der Waals surface area contributed by atoms with Crippen molar-refractivity contribution < 1.29 is 19.1 Å². The summed E-state index contributed by atoms with van der Waals surface area (Å²) in [6.07, 6.45) is 2.83. The first-order valence-corrected chi connectivity index (χ1v) is 7.88. The summed E-state index contributed by atoms with van der Waals surface area (Å²) in [6, 6.07) is 6.66. The molecular formula is C17H19N3O4. The van der Waals surface area contributed by atoms with E-state index in [9.17, 15) is 9.59 Å². The van der Waals surface area contributed by atoms with Gasteiger partial charge in [-0.2, -0.15) is 0 Å². The summed E-state index contributed by atoms with van der Waals surface area (Å²) in [5.74, 6) is -0.812. The average molecular weight is 329 g/mol. The van der Waals surface area contributed by atoms with Crippen LogP contribution < -0.4 is 5.32 Å². The number of benzene rings is 1. The number of aromatic nitrogens is 2. The molecule has 1 fully saturated rings. The second-order valence-electron chi connectivity index (χ2n) is 5.64. The van der Waals surface area contributed by atoms with Crippen LogP contribution in [0.4, 0.5) is 0 Å². The van der Waals surface area contributed by atoms with Crippen molar-refractivity contribution in [3.8, 4) is 0 Å². The molecule has 0 spiro atoms. The molecule has 0 radical (unpaired) electrons. The summed E-state index contributed by atoms with van der Waals surface area (Å²) in [5.41, 5.74) is 2.13. The van der Waals surface area contributed by atoms with Crippen molar-refractivity contribution in [2.24, 2.45) is 0 Å². The van der Waals surface area contributed by atoms with Gasteiger partial charge in [0.1, 0.15) is 12.1 Å². The van der Waals surface area contributed by atoms with E-state index < -0.39 is 18.1 Å². The van der Waals surface area contributed by atoms with Gasteiger partial charge in [0, 0.05) is 19.2 Å². The molecule has 7 nitrogen and oxygen atoms in total. The Morgan fingerprint density at radius 3 is 2.88 bits per heavy atom. The van der Waals surface area contributed by atoms with Gasteiger partial charge < -0.3 is 14.8 Å². The normalized spacial score (nSPS) is 18.3. The van der Waals surface area contributed by atoms with E-state index in [1.165, 1.54) is 7.11 Å². The van der Waals surface area contributed by atoms with E-state index in [0.29, 0.717) is 18.7 Å². The van der Waals surface area contributed by atoms with Gasteiger partial charge in [0.2, 0.25) is 5.91 Å². The smallest absolute Gasteiger partial charge is 0.328 e. The van der Waals surface area contributed by atoms with Crippen LogP contribution in [0.15, 0.2) is 30.5 Å². The number of fused-ring (bicyclic) bond motifs is 1. The number of methoxy groups -OCH3 is 1. The van der Waals surface area contributed by atoms with E-state index in [2.05, 4.69) is 15.3 Å². The van der Waals surface area contributed by atoms with Crippen molar-refractivity contribution in [1.29, 1.82) is 0 Å². The summed E-state index contributed by atoms with van der Waals surface area (Å²) in [7, 11) is 1.29. The first-order valence-electron chi connectivity index (χ1n) is 7.88. The van der Waals surface area contributed by atoms with E-state index in [-0.39, 0.29) is 12.3 Å². The summed E-state index contributed by atoms with van der Waals surface area (Å²) in [4.78, 5) is 33.0. The minimum absolute atomic E-state index is 0.211. The van der Waals surface area contributed by atoms with Gasteiger partial charge in [-0.05, 0) is 25.0 Å². The molecular weight excluding hydrogens is 310 g/mol. The lowest BCUT2D eigenvalue weighted by atomic mass is 10.1. The molecule has 3 rings (SSSR count). The number of carbonyl (C=O) groups excluding carboxylic acids is 2. The molecule has 0 saturated carbocycles. The number of nitrogens with one attached hydrogen (secondary N) is 1. The van der Waals surface area contributed by atoms with E-state index in [4.69, 9.17) is 9.47 Å². The number of nitrogens with zero attached hydrogens (tertiary/aromatic N) is 2. The molecule has 1 aliphatic rings. The van der Waals surface area contributed by atoms with E-state index in [1.807, 2.05) is 24.3 Å². The van der Waals surface area contributed by atoms with Crippen LogP contribution in [0.2, 0.25) is 0 Å². The Labute approximate surface area is 139 Å². The van der Waals surface area contributed by atoms with Crippen molar-refractivity contribution in [1.82, 2.24) is 15.3 Å². The zero-order valence-corrected chi connectivity index (χ0v) is 13.4. The van der Waals surface area contributed by atoms with Gasteiger partial charge in [0.25, 0.3) is 0 Å². The van der Waals surface area contributed by atoms with Crippen LogP contribution in [0.25, 0.3) is 11.0 Å². The zero-order valence-electron chi connectivity index (χ0n) is 13.4. The van der Waals surface area contributed by atoms with Crippen LogP contribution in [0, 0.1) is 0 Å². The van der Waals surface area contributed by atoms with Crippen LogP contribution in [0.3, 0.4) is 0 Å². The minimum Gasteiger partial charge on any atom is -0.467 e. The van der Waals surface area contributed by atoms with Crippen molar-refractivity contribution in [3.05, 3.63) is 36.2 Å². The van der Waals surface area contributed by atoms with Gasteiger partial charge in [0.05, 0.1) is 23.8 Å². The zero-order chi connectivity index (χ0) is 16.9. The summed E-state index contributed by atoms with van der Waals surface area (Å²) < 4.78 is 10.1. The maximum atomic E-state index is 12.2.